The molecule has 0 aliphatic carbocycles. The van der Waals surface area contributed by atoms with Crippen LogP contribution < -0.4 is 10.1 Å². The largest absolute Gasteiger partial charge is 0.492 e. The van der Waals surface area contributed by atoms with Gasteiger partial charge in [0.1, 0.15) is 12.4 Å². The number of rotatable bonds is 8. The van der Waals surface area contributed by atoms with Crippen LogP contribution in [0.4, 0.5) is 0 Å². The molecule has 0 spiro atoms. The predicted octanol–water partition coefficient (Wildman–Crippen LogP) is 2.29. The number of hydrogen-bond acceptors (Lipinski definition) is 4. The van der Waals surface area contributed by atoms with Gasteiger partial charge < -0.3 is 14.8 Å². The summed E-state index contributed by atoms with van der Waals surface area (Å²) in [5.41, 5.74) is 1.24. The van der Waals surface area contributed by atoms with Gasteiger partial charge in [-0.05, 0) is 26.0 Å². The molecule has 1 atom stereocenters. The van der Waals surface area contributed by atoms with Crippen molar-refractivity contribution in [3.63, 3.8) is 0 Å². The van der Waals surface area contributed by atoms with E-state index >= 15 is 0 Å². The Labute approximate surface area is 128 Å². The Morgan fingerprint density at radius 2 is 2.24 bits per heavy atom. The topological polar surface area (TPSA) is 33.7 Å². The average molecular weight is 292 g/mol. The zero-order valence-electron chi connectivity index (χ0n) is 13.3. The number of morpholine rings is 1. The van der Waals surface area contributed by atoms with E-state index in [1.807, 2.05) is 6.07 Å². The van der Waals surface area contributed by atoms with Crippen LogP contribution in [0.25, 0.3) is 0 Å². The smallest absolute Gasteiger partial charge is 0.123 e. The summed E-state index contributed by atoms with van der Waals surface area (Å²) < 4.78 is 11.5. The molecule has 21 heavy (non-hydrogen) atoms. The Morgan fingerprint density at radius 3 is 3.05 bits per heavy atom. The molecule has 1 heterocycles. The highest BCUT2D eigenvalue weighted by Crippen LogP contribution is 2.18. The van der Waals surface area contributed by atoms with Gasteiger partial charge in [-0.15, -0.1) is 0 Å². The van der Waals surface area contributed by atoms with Crippen LogP contribution in [-0.2, 0) is 11.3 Å². The molecular formula is C17H28N2O2. The lowest BCUT2D eigenvalue weighted by atomic mass is 10.2. The molecule has 118 valence electrons. The van der Waals surface area contributed by atoms with E-state index in [1.165, 1.54) is 5.56 Å². The summed E-state index contributed by atoms with van der Waals surface area (Å²) in [6.07, 6.45) is 1.15. The molecule has 0 radical (unpaired) electrons. The third kappa shape index (κ3) is 5.30. The number of nitrogens with zero attached hydrogens (tertiary/aromatic N) is 1. The third-order valence-corrected chi connectivity index (χ3v) is 3.86. The Kier molecular flexibility index (Phi) is 7.00. The Balaban J connectivity index is 1.79. The van der Waals surface area contributed by atoms with Crippen LogP contribution in [-0.4, -0.2) is 50.4 Å². The van der Waals surface area contributed by atoms with Crippen molar-refractivity contribution in [1.82, 2.24) is 10.2 Å². The monoisotopic (exact) mass is 292 g/mol. The zero-order chi connectivity index (χ0) is 14.9. The average Bonchev–Trinajstić information content (AvgIpc) is 2.51. The van der Waals surface area contributed by atoms with Crippen molar-refractivity contribution in [2.45, 2.75) is 32.9 Å². The van der Waals surface area contributed by atoms with Gasteiger partial charge in [-0.3, -0.25) is 4.90 Å². The number of ether oxygens (including phenoxy) is 2. The van der Waals surface area contributed by atoms with Crippen molar-refractivity contribution in [2.75, 3.05) is 39.5 Å². The van der Waals surface area contributed by atoms with Gasteiger partial charge in [0.15, 0.2) is 0 Å². The van der Waals surface area contributed by atoms with Crippen LogP contribution >= 0.6 is 0 Å². The van der Waals surface area contributed by atoms with Gasteiger partial charge in [0, 0.05) is 31.2 Å². The summed E-state index contributed by atoms with van der Waals surface area (Å²) in [5.74, 6) is 1.00. The van der Waals surface area contributed by atoms with Crippen LogP contribution in [0.15, 0.2) is 24.3 Å². The quantitative estimate of drug-likeness (QED) is 0.745. The van der Waals surface area contributed by atoms with E-state index in [2.05, 4.69) is 42.3 Å². The van der Waals surface area contributed by atoms with Crippen LogP contribution in [0.1, 0.15) is 25.8 Å². The van der Waals surface area contributed by atoms with Gasteiger partial charge in [-0.1, -0.05) is 25.1 Å². The third-order valence-electron chi connectivity index (χ3n) is 3.86. The molecule has 2 rings (SSSR count). The molecule has 1 aromatic rings. The van der Waals surface area contributed by atoms with Gasteiger partial charge in [0.25, 0.3) is 0 Å². The fourth-order valence-corrected chi connectivity index (χ4v) is 2.56. The Bertz CT molecular complexity index is 412. The van der Waals surface area contributed by atoms with Crippen molar-refractivity contribution in [3.05, 3.63) is 29.8 Å². The van der Waals surface area contributed by atoms with Crippen LogP contribution in [0.5, 0.6) is 5.75 Å². The molecule has 1 aromatic carbocycles. The molecule has 0 amide bonds. The second-order valence-corrected chi connectivity index (χ2v) is 5.59. The number of hydrogen-bond donors (Lipinski definition) is 1. The highest BCUT2D eigenvalue weighted by atomic mass is 16.5. The van der Waals surface area contributed by atoms with E-state index in [1.54, 1.807) is 0 Å². The number of para-hydroxylation sites is 1. The lowest BCUT2D eigenvalue weighted by Gasteiger charge is -2.33. The molecule has 4 heteroatoms. The molecule has 1 fully saturated rings. The van der Waals surface area contributed by atoms with Crippen molar-refractivity contribution in [3.8, 4) is 5.75 Å². The highest BCUT2D eigenvalue weighted by Gasteiger charge is 2.18. The van der Waals surface area contributed by atoms with Gasteiger partial charge in [0.2, 0.25) is 0 Å². The van der Waals surface area contributed by atoms with Crippen molar-refractivity contribution >= 4 is 0 Å². The summed E-state index contributed by atoms with van der Waals surface area (Å²) in [4.78, 5) is 2.43. The molecule has 4 nitrogen and oxygen atoms in total. The van der Waals surface area contributed by atoms with E-state index < -0.39 is 0 Å². The van der Waals surface area contributed by atoms with Crippen LogP contribution in [0.2, 0.25) is 0 Å². The normalized spacial score (nSPS) is 19.6. The molecule has 1 saturated heterocycles. The van der Waals surface area contributed by atoms with Crippen molar-refractivity contribution in [2.24, 2.45) is 0 Å². The Hall–Kier alpha value is -1.10. The minimum Gasteiger partial charge on any atom is -0.492 e. The molecule has 1 unspecified atom stereocenters. The van der Waals surface area contributed by atoms with Crippen molar-refractivity contribution in [1.29, 1.82) is 0 Å². The van der Waals surface area contributed by atoms with Crippen LogP contribution in [0, 0.1) is 0 Å². The lowest BCUT2D eigenvalue weighted by Crippen LogP contribution is -2.45. The summed E-state index contributed by atoms with van der Waals surface area (Å²) in [6.45, 7) is 10.7. The molecule has 0 saturated carbocycles. The predicted molar refractivity (Wildman–Crippen MR) is 85.8 cm³/mol. The molecule has 1 aliphatic rings. The maximum Gasteiger partial charge on any atom is 0.123 e. The molecular weight excluding hydrogens is 264 g/mol. The van der Waals surface area contributed by atoms with E-state index in [0.717, 1.165) is 58.2 Å². The fourth-order valence-electron chi connectivity index (χ4n) is 2.56. The summed E-state index contributed by atoms with van der Waals surface area (Å²) >= 11 is 0. The first-order chi connectivity index (χ1) is 10.3. The first kappa shape index (κ1) is 16.3. The maximum atomic E-state index is 6.00. The minimum atomic E-state index is 0.490. The van der Waals surface area contributed by atoms with Gasteiger partial charge in [-0.25, -0.2) is 0 Å². The SMILES string of the molecule is CCCNCc1ccccc1OCCN1CCOCC1C. The fraction of sp³-hybridized carbons (Fsp3) is 0.647. The van der Waals surface area contributed by atoms with E-state index in [-0.39, 0.29) is 0 Å². The minimum absolute atomic E-state index is 0.490. The maximum absolute atomic E-state index is 6.00. The Morgan fingerprint density at radius 1 is 1.38 bits per heavy atom. The number of benzene rings is 1. The number of nitrogens with one attached hydrogen (secondary N) is 1. The zero-order valence-corrected chi connectivity index (χ0v) is 13.3. The van der Waals surface area contributed by atoms with Gasteiger partial charge in [-0.2, -0.15) is 0 Å². The lowest BCUT2D eigenvalue weighted by molar-refractivity contribution is -0.00518. The second-order valence-electron chi connectivity index (χ2n) is 5.59. The molecule has 0 bridgehead atoms. The van der Waals surface area contributed by atoms with Gasteiger partial charge in [0.05, 0.1) is 13.2 Å². The standard InChI is InChI=1S/C17H28N2O2/c1-3-8-18-13-16-6-4-5-7-17(16)21-12-10-19-9-11-20-14-15(19)2/h4-7,15,18H,3,8-14H2,1-2H3. The first-order valence-corrected chi connectivity index (χ1v) is 8.04. The first-order valence-electron chi connectivity index (χ1n) is 8.04. The van der Waals surface area contributed by atoms with E-state index in [9.17, 15) is 0 Å². The van der Waals surface area contributed by atoms with E-state index in [0.29, 0.717) is 6.04 Å². The summed E-state index contributed by atoms with van der Waals surface area (Å²) in [7, 11) is 0. The molecule has 1 aliphatic heterocycles. The summed E-state index contributed by atoms with van der Waals surface area (Å²) in [5, 5.41) is 3.43. The van der Waals surface area contributed by atoms with Gasteiger partial charge >= 0.3 is 0 Å². The summed E-state index contributed by atoms with van der Waals surface area (Å²) in [6, 6.07) is 8.79. The van der Waals surface area contributed by atoms with E-state index in [4.69, 9.17) is 9.47 Å². The molecule has 0 aromatic heterocycles. The molecule has 1 N–H and O–H groups in total. The van der Waals surface area contributed by atoms with Crippen molar-refractivity contribution < 1.29 is 9.47 Å². The highest BCUT2D eigenvalue weighted by molar-refractivity contribution is 5.33. The second kappa shape index (κ2) is 9.03. The van der Waals surface area contributed by atoms with Crippen LogP contribution in [0.3, 0.4) is 0 Å².